The highest BCUT2D eigenvalue weighted by molar-refractivity contribution is 7.14. The molecule has 5 heterocycles. The van der Waals surface area contributed by atoms with Crippen LogP contribution in [0.25, 0.3) is 0 Å². The van der Waals surface area contributed by atoms with E-state index in [2.05, 4.69) is 4.90 Å². The van der Waals surface area contributed by atoms with E-state index in [1.54, 1.807) is 30.3 Å². The van der Waals surface area contributed by atoms with Gasteiger partial charge in [0, 0.05) is 34.2 Å². The number of anilines is 1. The number of fused-ring (bicyclic) bond motifs is 3. The molecule has 0 saturated carbocycles. The summed E-state index contributed by atoms with van der Waals surface area (Å²) in [5.41, 5.74) is 1.36. The van der Waals surface area contributed by atoms with Crippen LogP contribution in [0, 0.1) is 11.1 Å². The highest BCUT2D eigenvalue weighted by atomic mass is 35.5. The fourth-order valence-electron chi connectivity index (χ4n) is 6.85. The summed E-state index contributed by atoms with van der Waals surface area (Å²) in [6.07, 6.45) is 0.385. The molecule has 15 heteroatoms. The Kier molecular flexibility index (Phi) is 11.2. The van der Waals surface area contributed by atoms with Gasteiger partial charge in [-0.15, -0.1) is 11.3 Å². The first-order valence-electron chi connectivity index (χ1n) is 16.2. The standard InChI is InChI=1S/C36H35Cl2F2N3O7S/c1-48-30-7-6-21(13-31(30)49-2)25(15-27-28(37)17-42(47)18-29(27)38)26-14-24(51-33(26)35(44)45)16-43(23-5-3-4-22(12-23)34(39)40)36(46)50-32-19-41-10-8-20(32)9-11-41/h3-7,12-14,17-18,20,25,32,34H,8-11,15-16,19H2,1-2H3,(H,44,45)/t25-,32-/m0/s1. The first-order chi connectivity index (χ1) is 24.4. The molecular formula is C36H35Cl2F2N3O7S. The Bertz CT molecular complexity index is 1900. The molecule has 2 atom stereocenters. The second-order valence-electron chi connectivity index (χ2n) is 12.5. The van der Waals surface area contributed by atoms with Gasteiger partial charge in [-0.1, -0.05) is 41.4 Å². The number of carboxylic acid groups (broad SMARTS) is 1. The van der Waals surface area contributed by atoms with Crippen LogP contribution >= 0.6 is 34.5 Å². The van der Waals surface area contributed by atoms with E-state index in [9.17, 15) is 28.7 Å². The number of halogens is 4. The molecule has 0 unspecified atom stereocenters. The Balaban J connectivity index is 1.42. The van der Waals surface area contributed by atoms with Gasteiger partial charge < -0.3 is 24.5 Å². The number of aromatic carboxylic acids is 1. The maximum atomic E-state index is 13.9. The normalized spacial score (nSPS) is 18.8. The molecule has 3 saturated heterocycles. The van der Waals surface area contributed by atoms with Crippen molar-refractivity contribution in [2.45, 2.75) is 44.3 Å². The molecule has 0 radical (unpaired) electrons. The van der Waals surface area contributed by atoms with Crippen molar-refractivity contribution in [3.63, 3.8) is 0 Å². The van der Waals surface area contributed by atoms with Crippen LogP contribution in [0.15, 0.2) is 60.9 Å². The number of aromatic nitrogens is 1. The Morgan fingerprint density at radius 2 is 1.75 bits per heavy atom. The summed E-state index contributed by atoms with van der Waals surface area (Å²) in [6.45, 7) is 2.31. The highest BCUT2D eigenvalue weighted by Gasteiger charge is 2.38. The lowest BCUT2D eigenvalue weighted by molar-refractivity contribution is -0.605. The van der Waals surface area contributed by atoms with Crippen molar-refractivity contribution in [3.05, 3.63) is 108 Å². The van der Waals surface area contributed by atoms with Crippen LogP contribution in [0.2, 0.25) is 10.0 Å². The Morgan fingerprint density at radius 1 is 1.04 bits per heavy atom. The Hall–Kier alpha value is -4.17. The number of rotatable bonds is 12. The summed E-state index contributed by atoms with van der Waals surface area (Å²) in [5, 5.41) is 22.7. The van der Waals surface area contributed by atoms with E-state index in [-0.39, 0.29) is 51.2 Å². The number of alkyl halides is 2. The molecule has 4 aromatic rings. The van der Waals surface area contributed by atoms with Crippen LogP contribution in [-0.4, -0.2) is 62.0 Å². The minimum atomic E-state index is -2.77. The van der Waals surface area contributed by atoms with Gasteiger partial charge in [0.25, 0.3) is 6.43 Å². The van der Waals surface area contributed by atoms with Crippen LogP contribution in [-0.2, 0) is 17.7 Å². The van der Waals surface area contributed by atoms with E-state index < -0.39 is 24.4 Å². The number of thiophene rings is 1. The van der Waals surface area contributed by atoms with Crippen LogP contribution in [0.1, 0.15) is 62.0 Å². The number of pyridine rings is 1. The van der Waals surface area contributed by atoms with Gasteiger partial charge in [-0.25, -0.2) is 18.4 Å². The predicted molar refractivity (Wildman–Crippen MR) is 189 cm³/mol. The molecule has 2 aromatic carbocycles. The number of methoxy groups -OCH3 is 2. The number of carbonyl (C=O) groups is 2. The molecule has 3 aliphatic heterocycles. The van der Waals surface area contributed by atoms with Gasteiger partial charge in [0.05, 0.1) is 20.8 Å². The number of amides is 1. The van der Waals surface area contributed by atoms with Gasteiger partial charge in [0.1, 0.15) is 21.0 Å². The molecule has 0 aliphatic carbocycles. The molecule has 3 aliphatic rings. The SMILES string of the molecule is COc1ccc([C@H](Cc2c(Cl)c[n+]([O-])cc2Cl)c2cc(CN(C(=O)O[C@H]3CN4CCC3CC4)c3cccc(C(F)F)c3)sc2C(=O)O)cc1OC. The summed E-state index contributed by atoms with van der Waals surface area (Å²) in [7, 11) is 2.97. The highest BCUT2D eigenvalue weighted by Crippen LogP contribution is 2.42. The molecule has 1 N–H and O–H groups in total. The molecule has 51 heavy (non-hydrogen) atoms. The van der Waals surface area contributed by atoms with E-state index in [1.807, 2.05) is 0 Å². The van der Waals surface area contributed by atoms with E-state index in [0.717, 1.165) is 49.7 Å². The van der Waals surface area contributed by atoms with Crippen LogP contribution in [0.4, 0.5) is 19.3 Å². The third-order valence-corrected chi connectivity index (χ3v) is 11.2. The van der Waals surface area contributed by atoms with E-state index in [0.29, 0.717) is 44.3 Å². The topological polar surface area (TPSA) is 115 Å². The van der Waals surface area contributed by atoms with E-state index in [1.165, 1.54) is 37.3 Å². The lowest BCUT2D eigenvalue weighted by Gasteiger charge is -2.44. The van der Waals surface area contributed by atoms with Crippen LogP contribution in [0.3, 0.4) is 0 Å². The zero-order valence-electron chi connectivity index (χ0n) is 27.7. The zero-order chi connectivity index (χ0) is 36.4. The van der Waals surface area contributed by atoms with Crippen molar-refractivity contribution >= 4 is 52.3 Å². The number of hydrogen-bond donors (Lipinski definition) is 1. The van der Waals surface area contributed by atoms with Gasteiger partial charge in [-0.3, -0.25) is 9.80 Å². The fourth-order valence-corrected chi connectivity index (χ4v) is 8.50. The van der Waals surface area contributed by atoms with Crippen molar-refractivity contribution in [1.29, 1.82) is 0 Å². The van der Waals surface area contributed by atoms with Crippen LogP contribution < -0.4 is 19.1 Å². The smallest absolute Gasteiger partial charge is 0.414 e. The van der Waals surface area contributed by atoms with Gasteiger partial charge in [-0.2, -0.15) is 4.73 Å². The summed E-state index contributed by atoms with van der Waals surface area (Å²) in [5.74, 6) is -0.843. The first-order valence-corrected chi connectivity index (χ1v) is 17.8. The lowest BCUT2D eigenvalue weighted by atomic mass is 9.85. The summed E-state index contributed by atoms with van der Waals surface area (Å²) in [6, 6.07) is 12.4. The zero-order valence-corrected chi connectivity index (χ0v) is 30.0. The minimum absolute atomic E-state index is 0.0149. The molecule has 270 valence electrons. The number of piperidine rings is 3. The van der Waals surface area contributed by atoms with Crippen molar-refractivity contribution in [1.82, 2.24) is 4.90 Å². The Labute approximate surface area is 307 Å². The largest absolute Gasteiger partial charge is 0.619 e. The van der Waals surface area contributed by atoms with Crippen molar-refractivity contribution in [3.8, 4) is 11.5 Å². The van der Waals surface area contributed by atoms with Gasteiger partial charge >= 0.3 is 12.1 Å². The van der Waals surface area contributed by atoms with Crippen LogP contribution in [0.5, 0.6) is 11.5 Å². The monoisotopic (exact) mass is 761 g/mol. The molecule has 7 rings (SSSR count). The van der Waals surface area contributed by atoms with E-state index in [4.69, 9.17) is 37.4 Å². The van der Waals surface area contributed by atoms with Gasteiger partial charge in [-0.05, 0) is 79.7 Å². The maximum Gasteiger partial charge on any atom is 0.414 e. The molecule has 0 spiro atoms. The minimum Gasteiger partial charge on any atom is -0.619 e. The van der Waals surface area contributed by atoms with Gasteiger partial charge in [0.2, 0.25) is 0 Å². The second-order valence-corrected chi connectivity index (χ2v) is 14.5. The van der Waals surface area contributed by atoms with Crippen molar-refractivity contribution in [2.24, 2.45) is 5.92 Å². The average molecular weight is 763 g/mol. The number of carboxylic acids is 1. The van der Waals surface area contributed by atoms with Gasteiger partial charge in [0.15, 0.2) is 23.9 Å². The molecule has 1 amide bonds. The first kappa shape index (κ1) is 36.6. The predicted octanol–water partition coefficient (Wildman–Crippen LogP) is 7.95. The molecule has 2 aromatic heterocycles. The molecule has 3 fully saturated rings. The summed E-state index contributed by atoms with van der Waals surface area (Å²) in [4.78, 5) is 30.7. The lowest BCUT2D eigenvalue weighted by Crippen LogP contribution is -2.53. The third kappa shape index (κ3) is 8.01. The molecule has 2 bridgehead atoms. The summed E-state index contributed by atoms with van der Waals surface area (Å²) >= 11 is 14.0. The quantitative estimate of drug-likeness (QED) is 0.114. The van der Waals surface area contributed by atoms with Crippen molar-refractivity contribution < 1.29 is 42.4 Å². The molecule has 10 nitrogen and oxygen atoms in total. The van der Waals surface area contributed by atoms with E-state index >= 15 is 0 Å². The van der Waals surface area contributed by atoms with Crippen molar-refractivity contribution in [2.75, 3.05) is 38.8 Å². The number of nitrogens with zero attached hydrogens (tertiary/aromatic N) is 3. The Morgan fingerprint density at radius 3 is 2.35 bits per heavy atom. The second kappa shape index (κ2) is 15.6. The number of ether oxygens (including phenoxy) is 3. The maximum absolute atomic E-state index is 13.9. The third-order valence-electron chi connectivity index (χ3n) is 9.47. The fraction of sp³-hybridized carbons (Fsp3) is 0.361. The summed E-state index contributed by atoms with van der Waals surface area (Å²) < 4.78 is 45.1. The average Bonchev–Trinajstić information content (AvgIpc) is 3.54. The number of carbonyl (C=O) groups excluding carboxylic acids is 1. The number of hydrogen-bond acceptors (Lipinski definition) is 8. The number of benzene rings is 2. The molecular weight excluding hydrogens is 727 g/mol.